The van der Waals surface area contributed by atoms with E-state index in [-0.39, 0.29) is 23.5 Å². The van der Waals surface area contributed by atoms with Gasteiger partial charge in [-0.3, -0.25) is 19.8 Å². The van der Waals surface area contributed by atoms with Crippen LogP contribution in [0.5, 0.6) is 0 Å². The van der Waals surface area contributed by atoms with Gasteiger partial charge in [-0.2, -0.15) is 5.01 Å². The van der Waals surface area contributed by atoms with Crippen LogP contribution in [-0.4, -0.2) is 59.2 Å². The van der Waals surface area contributed by atoms with Crippen LogP contribution in [0.4, 0.5) is 0 Å². The van der Waals surface area contributed by atoms with Crippen LogP contribution in [0.25, 0.3) is 6.08 Å². The Morgan fingerprint density at radius 3 is 2.56 bits per heavy atom. The summed E-state index contributed by atoms with van der Waals surface area (Å²) < 4.78 is 5.55. The molecule has 0 spiro atoms. The fraction of sp³-hybridized carbons (Fsp3) is 0.538. The number of allylic oxidation sites excluding steroid dienone is 1. The molecule has 0 aliphatic carbocycles. The Kier molecular flexibility index (Phi) is 10.4. The molecule has 3 amide bonds. The lowest BCUT2D eigenvalue weighted by Gasteiger charge is -2.29. The highest BCUT2D eigenvalue weighted by molar-refractivity contribution is 7.80. The first-order valence-corrected chi connectivity index (χ1v) is 12.8. The molecule has 1 unspecified atom stereocenters. The van der Waals surface area contributed by atoms with Gasteiger partial charge in [-0.1, -0.05) is 56.3 Å². The normalized spacial score (nSPS) is 20.2. The molecule has 0 bridgehead atoms. The standard InChI is InChI=1S/C26H36N4O5S/c1-18(2)16-21(24(32)27-30-22(31)17-29(3)26(30)36)20(13-9-12-19-10-5-4-6-11-19)25(33)28-35-23-14-7-8-15-34-23/h4-6,9-12,18,20-21,23H,7-8,13-17H2,1-3H3,(H,27,32)(H,28,33)/b12-9+/t20-,21+,23?/m0/s1. The highest BCUT2D eigenvalue weighted by atomic mass is 32.1. The second-order valence-electron chi connectivity index (χ2n) is 9.62. The molecule has 10 heteroatoms. The van der Waals surface area contributed by atoms with Gasteiger partial charge in [0, 0.05) is 20.1 Å². The summed E-state index contributed by atoms with van der Waals surface area (Å²) in [5.74, 6) is -2.49. The van der Waals surface area contributed by atoms with Gasteiger partial charge in [-0.15, -0.1) is 0 Å². The van der Waals surface area contributed by atoms with E-state index in [0.29, 0.717) is 25.9 Å². The maximum atomic E-state index is 13.5. The van der Waals surface area contributed by atoms with Gasteiger partial charge in [0.1, 0.15) is 6.54 Å². The predicted octanol–water partition coefficient (Wildman–Crippen LogP) is 3.03. The van der Waals surface area contributed by atoms with Crippen LogP contribution in [0, 0.1) is 17.8 Å². The monoisotopic (exact) mass is 516 g/mol. The number of hydroxylamine groups is 1. The summed E-state index contributed by atoms with van der Waals surface area (Å²) in [5, 5.41) is 1.31. The Bertz CT molecular complexity index is 949. The number of likely N-dealkylation sites (N-methyl/N-ethyl adjacent to an activating group) is 1. The van der Waals surface area contributed by atoms with Crippen LogP contribution in [0.2, 0.25) is 0 Å². The van der Waals surface area contributed by atoms with Crippen molar-refractivity contribution in [2.45, 2.75) is 52.2 Å². The average molecular weight is 517 g/mol. The van der Waals surface area contributed by atoms with Gasteiger partial charge >= 0.3 is 0 Å². The maximum absolute atomic E-state index is 13.5. The van der Waals surface area contributed by atoms with Crippen LogP contribution in [0.3, 0.4) is 0 Å². The summed E-state index contributed by atoms with van der Waals surface area (Å²) >= 11 is 5.28. The lowest BCUT2D eigenvalue weighted by molar-refractivity contribution is -0.203. The van der Waals surface area contributed by atoms with Gasteiger partial charge in [0.2, 0.25) is 11.8 Å². The van der Waals surface area contributed by atoms with E-state index in [1.807, 2.05) is 56.3 Å². The predicted molar refractivity (Wildman–Crippen MR) is 140 cm³/mol. The molecule has 0 saturated carbocycles. The number of hydrogen-bond acceptors (Lipinski definition) is 6. The molecule has 2 heterocycles. The zero-order valence-corrected chi connectivity index (χ0v) is 22.0. The first kappa shape index (κ1) is 27.8. The van der Waals surface area contributed by atoms with Crippen LogP contribution in [0.15, 0.2) is 36.4 Å². The number of carbonyl (C=O) groups excluding carboxylic acids is 3. The van der Waals surface area contributed by atoms with Gasteiger partial charge in [0.15, 0.2) is 11.4 Å². The van der Waals surface area contributed by atoms with Crippen molar-refractivity contribution in [2.75, 3.05) is 20.2 Å². The molecular formula is C26H36N4O5S. The highest BCUT2D eigenvalue weighted by Gasteiger charge is 2.38. The number of rotatable bonds is 11. The number of hydrazine groups is 1. The first-order valence-electron chi connectivity index (χ1n) is 12.4. The fourth-order valence-corrected chi connectivity index (χ4v) is 4.47. The number of hydrogen-bond donors (Lipinski definition) is 2. The quantitative estimate of drug-likeness (QED) is 0.344. The number of nitrogens with one attached hydrogen (secondary N) is 2. The van der Waals surface area contributed by atoms with Crippen LogP contribution in [-0.2, 0) is 24.0 Å². The number of benzene rings is 1. The molecule has 3 rings (SSSR count). The molecule has 1 aromatic rings. The third kappa shape index (κ3) is 7.84. The Labute approximate surface area is 218 Å². The molecule has 9 nitrogen and oxygen atoms in total. The van der Waals surface area contributed by atoms with Crippen molar-refractivity contribution >= 4 is 41.1 Å². The summed E-state index contributed by atoms with van der Waals surface area (Å²) in [5.41, 5.74) is 6.18. The Morgan fingerprint density at radius 2 is 1.94 bits per heavy atom. The van der Waals surface area contributed by atoms with E-state index < -0.39 is 29.9 Å². The van der Waals surface area contributed by atoms with Crippen LogP contribution >= 0.6 is 12.2 Å². The highest BCUT2D eigenvalue weighted by Crippen LogP contribution is 2.26. The summed E-state index contributed by atoms with van der Waals surface area (Å²) in [6, 6.07) is 9.73. The maximum Gasteiger partial charge on any atom is 0.267 e. The largest absolute Gasteiger partial charge is 0.350 e. The molecular weight excluding hydrogens is 480 g/mol. The lowest BCUT2D eigenvalue weighted by Crippen LogP contribution is -2.51. The van der Waals surface area contributed by atoms with Gasteiger partial charge in [0.25, 0.3) is 5.91 Å². The minimum atomic E-state index is -0.736. The van der Waals surface area contributed by atoms with E-state index in [9.17, 15) is 14.4 Å². The molecule has 2 aliphatic rings. The average Bonchev–Trinajstić information content (AvgIpc) is 3.11. The molecule has 196 valence electrons. The lowest BCUT2D eigenvalue weighted by atomic mass is 9.82. The summed E-state index contributed by atoms with van der Waals surface area (Å²) in [6.45, 7) is 4.65. The van der Waals surface area contributed by atoms with Gasteiger partial charge in [-0.25, -0.2) is 10.3 Å². The van der Waals surface area contributed by atoms with E-state index in [0.717, 1.165) is 23.4 Å². The van der Waals surface area contributed by atoms with E-state index in [4.69, 9.17) is 21.8 Å². The zero-order valence-electron chi connectivity index (χ0n) is 21.1. The first-order chi connectivity index (χ1) is 17.3. The summed E-state index contributed by atoms with van der Waals surface area (Å²) in [6.07, 6.45) is 6.66. The molecule has 3 atom stereocenters. The van der Waals surface area contributed by atoms with E-state index >= 15 is 0 Å². The van der Waals surface area contributed by atoms with Crippen molar-refractivity contribution in [1.29, 1.82) is 0 Å². The second-order valence-corrected chi connectivity index (χ2v) is 9.98. The summed E-state index contributed by atoms with van der Waals surface area (Å²) in [4.78, 5) is 46.3. The van der Waals surface area contributed by atoms with Crippen LogP contribution < -0.4 is 10.9 Å². The Morgan fingerprint density at radius 1 is 1.19 bits per heavy atom. The number of nitrogens with zero attached hydrogens (tertiary/aromatic N) is 2. The number of thiocarbonyl (C=S) groups is 1. The number of amides is 3. The van der Waals surface area contributed by atoms with Crippen molar-refractivity contribution < 1.29 is 24.0 Å². The zero-order chi connectivity index (χ0) is 26.1. The minimum absolute atomic E-state index is 0.0902. The molecule has 2 N–H and O–H groups in total. The Balaban J connectivity index is 1.78. The Hall–Kier alpha value is -2.82. The molecule has 36 heavy (non-hydrogen) atoms. The van der Waals surface area contributed by atoms with Gasteiger partial charge in [0.05, 0.1) is 11.8 Å². The van der Waals surface area contributed by atoms with Crippen molar-refractivity contribution in [3.8, 4) is 0 Å². The van der Waals surface area contributed by atoms with Crippen LogP contribution in [0.1, 0.15) is 51.5 Å². The SMILES string of the molecule is CC(C)C[C@@H](C(=O)NN1C(=O)CN(C)C1=S)[C@H](C/C=C/c1ccccc1)C(=O)NOC1CCCCO1. The summed E-state index contributed by atoms with van der Waals surface area (Å²) in [7, 11) is 1.69. The van der Waals surface area contributed by atoms with E-state index in [1.165, 1.54) is 0 Å². The fourth-order valence-electron chi connectivity index (χ4n) is 4.26. The molecule has 2 saturated heterocycles. The van der Waals surface area contributed by atoms with Crippen molar-refractivity contribution in [1.82, 2.24) is 20.8 Å². The van der Waals surface area contributed by atoms with Gasteiger partial charge in [-0.05, 0) is 49.4 Å². The number of carbonyl (C=O) groups is 3. The van der Waals surface area contributed by atoms with Crippen molar-refractivity contribution in [3.63, 3.8) is 0 Å². The number of ether oxygens (including phenoxy) is 1. The molecule has 2 aliphatic heterocycles. The van der Waals surface area contributed by atoms with Crippen molar-refractivity contribution in [2.24, 2.45) is 17.8 Å². The minimum Gasteiger partial charge on any atom is -0.350 e. The van der Waals surface area contributed by atoms with E-state index in [1.54, 1.807) is 11.9 Å². The van der Waals surface area contributed by atoms with E-state index in [2.05, 4.69) is 10.9 Å². The third-order valence-corrected chi connectivity index (χ3v) is 6.67. The van der Waals surface area contributed by atoms with Gasteiger partial charge < -0.3 is 9.64 Å². The molecule has 2 fully saturated rings. The second kappa shape index (κ2) is 13.5. The van der Waals surface area contributed by atoms with Crippen molar-refractivity contribution in [3.05, 3.63) is 42.0 Å². The molecule has 1 aromatic carbocycles. The third-order valence-electron chi connectivity index (χ3n) is 6.18. The smallest absolute Gasteiger partial charge is 0.267 e. The molecule has 0 aromatic heterocycles. The molecule has 0 radical (unpaired) electrons. The topological polar surface area (TPSA) is 100 Å².